The van der Waals surface area contributed by atoms with E-state index in [0.717, 1.165) is 5.56 Å². The highest BCUT2D eigenvalue weighted by molar-refractivity contribution is 6.35. The number of pyridine rings is 1. The zero-order valence-electron chi connectivity index (χ0n) is 12.3. The Labute approximate surface area is 140 Å². The van der Waals surface area contributed by atoms with Crippen molar-refractivity contribution in [2.45, 2.75) is 13.5 Å². The van der Waals surface area contributed by atoms with Crippen LogP contribution in [-0.2, 0) is 6.54 Å². The molecule has 118 valence electrons. The molecule has 0 aliphatic heterocycles. The molecule has 2 rings (SSSR count). The third-order valence-corrected chi connectivity index (χ3v) is 3.35. The van der Waals surface area contributed by atoms with Crippen LogP contribution in [0.3, 0.4) is 0 Å². The van der Waals surface area contributed by atoms with Crippen LogP contribution >= 0.6 is 23.2 Å². The van der Waals surface area contributed by atoms with Crippen LogP contribution < -0.4 is 14.8 Å². The number of aromatic nitrogens is 1. The van der Waals surface area contributed by atoms with Gasteiger partial charge in [0, 0.05) is 35.9 Å². The van der Waals surface area contributed by atoms with Crippen LogP contribution in [0.25, 0.3) is 0 Å². The normalized spacial score (nSPS) is 10.5. The lowest BCUT2D eigenvalue weighted by Gasteiger charge is -2.13. The quantitative estimate of drug-likeness (QED) is 0.738. The fourth-order valence-electron chi connectivity index (χ4n) is 1.93. The summed E-state index contributed by atoms with van der Waals surface area (Å²) >= 11 is 12.2. The maximum Gasteiger partial charge on any atom is 0.213 e. The van der Waals surface area contributed by atoms with E-state index in [2.05, 4.69) is 10.3 Å². The van der Waals surface area contributed by atoms with Crippen molar-refractivity contribution in [3.05, 3.63) is 52.1 Å². The summed E-state index contributed by atoms with van der Waals surface area (Å²) < 4.78 is 11.1. The Balaban J connectivity index is 1.83. The van der Waals surface area contributed by atoms with Gasteiger partial charge in [-0.05, 0) is 25.1 Å². The van der Waals surface area contributed by atoms with E-state index in [-0.39, 0.29) is 0 Å². The smallest absolute Gasteiger partial charge is 0.213 e. The molecule has 0 aliphatic rings. The van der Waals surface area contributed by atoms with E-state index in [1.807, 2.05) is 31.2 Å². The standard InChI is InChI=1S/C16H18Cl2N2O2/c1-2-21-16-12(9-13(17)10-14(16)18)11-19-7-8-22-15-5-3-4-6-20-15/h3-6,9-10,19H,2,7-8,11H2,1H3. The van der Waals surface area contributed by atoms with Gasteiger partial charge in [-0.1, -0.05) is 29.3 Å². The number of nitrogens with one attached hydrogen (secondary N) is 1. The van der Waals surface area contributed by atoms with Crippen LogP contribution in [0, 0.1) is 0 Å². The number of hydrogen-bond acceptors (Lipinski definition) is 4. The third kappa shape index (κ3) is 5.05. The molecule has 22 heavy (non-hydrogen) atoms. The first-order valence-corrected chi connectivity index (χ1v) is 7.81. The summed E-state index contributed by atoms with van der Waals surface area (Å²) in [6.07, 6.45) is 1.70. The summed E-state index contributed by atoms with van der Waals surface area (Å²) in [6.45, 7) is 4.27. The second-order valence-corrected chi connectivity index (χ2v) is 5.35. The van der Waals surface area contributed by atoms with E-state index in [1.54, 1.807) is 12.3 Å². The van der Waals surface area contributed by atoms with Gasteiger partial charge < -0.3 is 14.8 Å². The lowest BCUT2D eigenvalue weighted by molar-refractivity contribution is 0.300. The molecular formula is C16H18Cl2N2O2. The number of nitrogens with zero attached hydrogens (tertiary/aromatic N) is 1. The molecule has 0 atom stereocenters. The van der Waals surface area contributed by atoms with Gasteiger partial charge in [0.25, 0.3) is 0 Å². The van der Waals surface area contributed by atoms with Crippen molar-refractivity contribution < 1.29 is 9.47 Å². The maximum absolute atomic E-state index is 6.16. The van der Waals surface area contributed by atoms with E-state index in [0.29, 0.717) is 48.0 Å². The highest BCUT2D eigenvalue weighted by Gasteiger charge is 2.10. The van der Waals surface area contributed by atoms with Crippen LogP contribution in [0.15, 0.2) is 36.5 Å². The molecule has 1 aromatic carbocycles. The molecule has 1 N–H and O–H groups in total. The fourth-order valence-corrected chi connectivity index (χ4v) is 2.52. The Bertz CT molecular complexity index is 594. The predicted octanol–water partition coefficient (Wildman–Crippen LogP) is 3.96. The second-order valence-electron chi connectivity index (χ2n) is 4.50. The maximum atomic E-state index is 6.16. The lowest BCUT2D eigenvalue weighted by atomic mass is 10.2. The Morgan fingerprint density at radius 1 is 1.18 bits per heavy atom. The fraction of sp³-hybridized carbons (Fsp3) is 0.312. The van der Waals surface area contributed by atoms with E-state index >= 15 is 0 Å². The summed E-state index contributed by atoms with van der Waals surface area (Å²) in [7, 11) is 0. The first-order valence-electron chi connectivity index (χ1n) is 7.06. The minimum absolute atomic E-state index is 0.523. The molecule has 1 heterocycles. The third-order valence-electron chi connectivity index (χ3n) is 2.86. The minimum atomic E-state index is 0.523. The molecule has 0 amide bonds. The first-order chi connectivity index (χ1) is 10.7. The van der Waals surface area contributed by atoms with Crippen molar-refractivity contribution in [1.29, 1.82) is 0 Å². The Morgan fingerprint density at radius 3 is 2.77 bits per heavy atom. The topological polar surface area (TPSA) is 43.4 Å². The summed E-state index contributed by atoms with van der Waals surface area (Å²) in [5.74, 6) is 1.29. The molecule has 0 saturated carbocycles. The molecule has 0 saturated heterocycles. The van der Waals surface area contributed by atoms with Crippen molar-refractivity contribution in [3.8, 4) is 11.6 Å². The van der Waals surface area contributed by atoms with Gasteiger partial charge in [-0.3, -0.25) is 0 Å². The molecule has 0 spiro atoms. The highest BCUT2D eigenvalue weighted by atomic mass is 35.5. The van der Waals surface area contributed by atoms with E-state index in [4.69, 9.17) is 32.7 Å². The molecule has 2 aromatic rings. The average molecular weight is 341 g/mol. The molecular weight excluding hydrogens is 323 g/mol. The van der Waals surface area contributed by atoms with Gasteiger partial charge >= 0.3 is 0 Å². The van der Waals surface area contributed by atoms with Gasteiger partial charge in [0.2, 0.25) is 5.88 Å². The van der Waals surface area contributed by atoms with Crippen molar-refractivity contribution >= 4 is 23.2 Å². The van der Waals surface area contributed by atoms with Crippen molar-refractivity contribution in [1.82, 2.24) is 10.3 Å². The predicted molar refractivity (Wildman–Crippen MR) is 89.1 cm³/mol. The van der Waals surface area contributed by atoms with E-state index in [1.165, 1.54) is 0 Å². The highest BCUT2D eigenvalue weighted by Crippen LogP contribution is 2.32. The molecule has 0 fully saturated rings. The van der Waals surface area contributed by atoms with Crippen LogP contribution in [-0.4, -0.2) is 24.7 Å². The van der Waals surface area contributed by atoms with Gasteiger partial charge in [-0.2, -0.15) is 0 Å². The number of halogens is 2. The Kier molecular flexibility index (Phi) is 6.77. The molecule has 0 unspecified atom stereocenters. The second kappa shape index (κ2) is 8.83. The zero-order valence-corrected chi connectivity index (χ0v) is 13.8. The minimum Gasteiger partial charge on any atom is -0.492 e. The SMILES string of the molecule is CCOc1c(Cl)cc(Cl)cc1CNCCOc1ccccn1. The van der Waals surface area contributed by atoms with Gasteiger partial charge in [0.15, 0.2) is 0 Å². The van der Waals surface area contributed by atoms with E-state index < -0.39 is 0 Å². The first kappa shape index (κ1) is 16.9. The zero-order chi connectivity index (χ0) is 15.8. The van der Waals surface area contributed by atoms with Crippen LogP contribution in [0.2, 0.25) is 10.0 Å². The summed E-state index contributed by atoms with van der Waals surface area (Å²) in [5.41, 5.74) is 0.928. The average Bonchev–Trinajstić information content (AvgIpc) is 2.51. The molecule has 0 bridgehead atoms. The molecule has 6 heteroatoms. The summed E-state index contributed by atoms with van der Waals surface area (Å²) in [6, 6.07) is 9.10. The number of benzene rings is 1. The number of hydrogen-bond donors (Lipinski definition) is 1. The van der Waals surface area contributed by atoms with Gasteiger partial charge in [0.05, 0.1) is 11.6 Å². The van der Waals surface area contributed by atoms with Gasteiger partial charge in [-0.25, -0.2) is 4.98 Å². The Hall–Kier alpha value is -1.49. The molecule has 4 nitrogen and oxygen atoms in total. The Morgan fingerprint density at radius 2 is 2.05 bits per heavy atom. The van der Waals surface area contributed by atoms with Crippen LogP contribution in [0.5, 0.6) is 11.6 Å². The van der Waals surface area contributed by atoms with Gasteiger partial charge in [0.1, 0.15) is 12.4 Å². The van der Waals surface area contributed by atoms with Crippen molar-refractivity contribution in [2.75, 3.05) is 19.8 Å². The van der Waals surface area contributed by atoms with E-state index in [9.17, 15) is 0 Å². The van der Waals surface area contributed by atoms with Crippen LogP contribution in [0.4, 0.5) is 0 Å². The molecule has 0 radical (unpaired) electrons. The number of rotatable bonds is 8. The lowest BCUT2D eigenvalue weighted by Crippen LogP contribution is -2.21. The largest absolute Gasteiger partial charge is 0.492 e. The summed E-state index contributed by atoms with van der Waals surface area (Å²) in [4.78, 5) is 4.09. The monoisotopic (exact) mass is 340 g/mol. The van der Waals surface area contributed by atoms with Gasteiger partial charge in [-0.15, -0.1) is 0 Å². The van der Waals surface area contributed by atoms with Crippen molar-refractivity contribution in [3.63, 3.8) is 0 Å². The molecule has 0 aliphatic carbocycles. The number of ether oxygens (including phenoxy) is 2. The van der Waals surface area contributed by atoms with Crippen LogP contribution in [0.1, 0.15) is 12.5 Å². The summed E-state index contributed by atoms with van der Waals surface area (Å²) in [5, 5.41) is 4.39. The van der Waals surface area contributed by atoms with Crippen molar-refractivity contribution in [2.24, 2.45) is 0 Å². The molecule has 1 aromatic heterocycles.